The van der Waals surface area contributed by atoms with Crippen molar-refractivity contribution in [1.29, 1.82) is 0 Å². The molecule has 0 aliphatic heterocycles. The molecule has 0 aliphatic rings. The summed E-state index contributed by atoms with van der Waals surface area (Å²) in [6, 6.07) is 15.0. The number of thiocarbonyl (C=S) groups is 1. The third-order valence-corrected chi connectivity index (χ3v) is 4.44. The summed E-state index contributed by atoms with van der Waals surface area (Å²) in [4.78, 5) is 24.1. The summed E-state index contributed by atoms with van der Waals surface area (Å²) in [5, 5.41) is 8.36. The topological polar surface area (TPSA) is 79.5 Å². The average Bonchev–Trinajstić information content (AvgIpc) is 2.68. The van der Waals surface area contributed by atoms with E-state index >= 15 is 0 Å². The number of carbonyl (C=O) groups excluding carboxylic acids is 2. The number of nitrogens with one attached hydrogen (secondary N) is 3. The maximum atomic E-state index is 12.4. The highest BCUT2D eigenvalue weighted by atomic mass is 35.6. The molecule has 0 fully saturated rings. The van der Waals surface area contributed by atoms with Crippen molar-refractivity contribution >= 4 is 69.7 Å². The highest BCUT2D eigenvalue weighted by Gasteiger charge is 2.34. The lowest BCUT2D eigenvalue weighted by molar-refractivity contribution is 0.0526. The Morgan fingerprint density at radius 2 is 1.62 bits per heavy atom. The summed E-state index contributed by atoms with van der Waals surface area (Å²) in [7, 11) is 0. The molecule has 29 heavy (non-hydrogen) atoms. The first-order valence-electron chi connectivity index (χ1n) is 8.48. The Morgan fingerprint density at radius 1 is 1.00 bits per heavy atom. The monoisotopic (exact) mass is 473 g/mol. The van der Waals surface area contributed by atoms with Gasteiger partial charge in [0.05, 0.1) is 12.2 Å². The maximum Gasteiger partial charge on any atom is 0.338 e. The van der Waals surface area contributed by atoms with Gasteiger partial charge in [-0.05, 0) is 55.5 Å². The van der Waals surface area contributed by atoms with Crippen LogP contribution in [0.5, 0.6) is 0 Å². The van der Waals surface area contributed by atoms with Crippen LogP contribution in [-0.2, 0) is 4.74 Å². The van der Waals surface area contributed by atoms with Crippen molar-refractivity contribution in [3.8, 4) is 0 Å². The van der Waals surface area contributed by atoms with Crippen molar-refractivity contribution in [2.75, 3.05) is 11.9 Å². The van der Waals surface area contributed by atoms with Crippen LogP contribution in [0, 0.1) is 0 Å². The molecule has 2 aromatic carbocycles. The molecule has 2 rings (SSSR count). The molecular weight excluding hydrogens is 457 g/mol. The molecule has 0 spiro atoms. The Morgan fingerprint density at radius 3 is 2.17 bits per heavy atom. The number of esters is 1. The smallest absolute Gasteiger partial charge is 0.338 e. The molecule has 0 saturated heterocycles. The number of benzene rings is 2. The molecule has 6 nitrogen and oxygen atoms in total. The summed E-state index contributed by atoms with van der Waals surface area (Å²) in [5.41, 5.74) is 1.40. The average molecular weight is 475 g/mol. The third-order valence-electron chi connectivity index (χ3n) is 3.57. The molecule has 1 amide bonds. The van der Waals surface area contributed by atoms with Gasteiger partial charge in [-0.15, -0.1) is 0 Å². The van der Waals surface area contributed by atoms with Crippen LogP contribution in [0.3, 0.4) is 0 Å². The van der Waals surface area contributed by atoms with Crippen molar-refractivity contribution in [2.45, 2.75) is 16.9 Å². The van der Waals surface area contributed by atoms with Crippen LogP contribution in [0.2, 0.25) is 0 Å². The number of hydrogen-bond acceptors (Lipinski definition) is 4. The van der Waals surface area contributed by atoms with Crippen LogP contribution in [0.4, 0.5) is 5.69 Å². The van der Waals surface area contributed by atoms with Gasteiger partial charge in [0.15, 0.2) is 5.11 Å². The first-order valence-corrected chi connectivity index (χ1v) is 10.0. The van der Waals surface area contributed by atoms with E-state index in [4.69, 9.17) is 51.8 Å². The molecule has 10 heteroatoms. The van der Waals surface area contributed by atoms with E-state index < -0.39 is 21.8 Å². The highest BCUT2D eigenvalue weighted by molar-refractivity contribution is 7.80. The summed E-state index contributed by atoms with van der Waals surface area (Å²) in [6.07, 6.45) is -1.10. The van der Waals surface area contributed by atoms with Gasteiger partial charge < -0.3 is 20.7 Å². The molecule has 0 bridgehead atoms. The predicted molar refractivity (Wildman–Crippen MR) is 120 cm³/mol. The van der Waals surface area contributed by atoms with E-state index in [2.05, 4.69) is 16.0 Å². The predicted octanol–water partition coefficient (Wildman–Crippen LogP) is 4.28. The van der Waals surface area contributed by atoms with E-state index in [-0.39, 0.29) is 5.11 Å². The van der Waals surface area contributed by atoms with Crippen LogP contribution < -0.4 is 16.0 Å². The Hall–Kier alpha value is -2.06. The SMILES string of the molecule is CCOC(=O)c1ccc(NC(=S)N[C@@H](NC(=O)c2ccccc2)C(Cl)(Cl)Cl)cc1. The van der Waals surface area contributed by atoms with Crippen LogP contribution >= 0.6 is 47.0 Å². The Bertz CT molecular complexity index is 858. The number of rotatable bonds is 6. The number of halogens is 3. The van der Waals surface area contributed by atoms with E-state index in [1.54, 1.807) is 61.5 Å². The number of hydrogen-bond donors (Lipinski definition) is 3. The zero-order chi connectivity index (χ0) is 21.4. The minimum Gasteiger partial charge on any atom is -0.462 e. The van der Waals surface area contributed by atoms with Crippen molar-refractivity contribution in [2.24, 2.45) is 0 Å². The Balaban J connectivity index is 2.01. The van der Waals surface area contributed by atoms with Gasteiger partial charge in [-0.1, -0.05) is 53.0 Å². The van der Waals surface area contributed by atoms with Crippen LogP contribution in [-0.4, -0.2) is 33.6 Å². The second-order valence-electron chi connectivity index (χ2n) is 5.71. The zero-order valence-electron chi connectivity index (χ0n) is 15.2. The minimum atomic E-state index is -1.87. The van der Waals surface area contributed by atoms with Crippen LogP contribution in [0.15, 0.2) is 54.6 Å². The standard InChI is InChI=1S/C19H18Cl3N3O3S/c1-2-28-16(27)13-8-10-14(11-9-13)23-18(29)25-17(19(20,21)22)24-15(26)12-6-4-3-5-7-12/h3-11,17H,2H2,1H3,(H,24,26)(H2,23,25,29)/t17-/m1/s1. The lowest BCUT2D eigenvalue weighted by Crippen LogP contribution is -2.56. The number of amides is 1. The van der Waals surface area contributed by atoms with Crippen molar-refractivity contribution in [1.82, 2.24) is 10.6 Å². The fourth-order valence-electron chi connectivity index (χ4n) is 2.21. The summed E-state index contributed by atoms with van der Waals surface area (Å²) < 4.78 is 3.06. The van der Waals surface area contributed by atoms with Crippen molar-refractivity contribution in [3.63, 3.8) is 0 Å². The van der Waals surface area contributed by atoms with Gasteiger partial charge in [-0.25, -0.2) is 4.79 Å². The number of ether oxygens (including phenoxy) is 1. The largest absolute Gasteiger partial charge is 0.462 e. The molecule has 0 unspecified atom stereocenters. The fraction of sp³-hybridized carbons (Fsp3) is 0.211. The van der Waals surface area contributed by atoms with E-state index in [9.17, 15) is 9.59 Å². The molecule has 3 N–H and O–H groups in total. The van der Waals surface area contributed by atoms with Crippen LogP contribution in [0.1, 0.15) is 27.6 Å². The molecule has 154 valence electrons. The number of carbonyl (C=O) groups is 2. The van der Waals surface area contributed by atoms with Gasteiger partial charge in [0, 0.05) is 11.3 Å². The number of alkyl halides is 3. The van der Waals surface area contributed by atoms with Gasteiger partial charge in [0.25, 0.3) is 5.91 Å². The molecular formula is C19H18Cl3N3O3S. The van der Waals surface area contributed by atoms with Crippen LogP contribution in [0.25, 0.3) is 0 Å². The van der Waals surface area contributed by atoms with E-state index in [0.29, 0.717) is 23.4 Å². The highest BCUT2D eigenvalue weighted by Crippen LogP contribution is 2.29. The van der Waals surface area contributed by atoms with Gasteiger partial charge in [-0.3, -0.25) is 4.79 Å². The van der Waals surface area contributed by atoms with Gasteiger partial charge in [0.2, 0.25) is 3.79 Å². The second kappa shape index (κ2) is 10.6. The van der Waals surface area contributed by atoms with Gasteiger partial charge >= 0.3 is 5.97 Å². The van der Waals surface area contributed by atoms with E-state index in [1.807, 2.05) is 0 Å². The quantitative estimate of drug-likeness (QED) is 0.251. The maximum absolute atomic E-state index is 12.4. The third kappa shape index (κ3) is 7.36. The van der Waals surface area contributed by atoms with Gasteiger partial charge in [-0.2, -0.15) is 0 Å². The van der Waals surface area contributed by atoms with E-state index in [1.165, 1.54) is 0 Å². The molecule has 0 heterocycles. The second-order valence-corrected chi connectivity index (χ2v) is 8.49. The normalized spacial score (nSPS) is 11.9. The lowest BCUT2D eigenvalue weighted by Gasteiger charge is -2.27. The molecule has 1 atom stereocenters. The molecule has 0 aliphatic carbocycles. The van der Waals surface area contributed by atoms with Crippen molar-refractivity contribution in [3.05, 3.63) is 65.7 Å². The molecule has 0 aromatic heterocycles. The molecule has 2 aromatic rings. The van der Waals surface area contributed by atoms with Crippen molar-refractivity contribution < 1.29 is 14.3 Å². The summed E-state index contributed by atoms with van der Waals surface area (Å²) in [5.74, 6) is -0.851. The summed E-state index contributed by atoms with van der Waals surface area (Å²) in [6.45, 7) is 2.02. The molecule has 0 radical (unpaired) electrons. The fourth-order valence-corrected chi connectivity index (χ4v) is 2.77. The molecule has 0 saturated carbocycles. The summed E-state index contributed by atoms with van der Waals surface area (Å²) >= 11 is 23.2. The Labute approximate surface area is 188 Å². The lowest BCUT2D eigenvalue weighted by atomic mass is 10.2. The number of anilines is 1. The zero-order valence-corrected chi connectivity index (χ0v) is 18.3. The van der Waals surface area contributed by atoms with E-state index in [0.717, 1.165) is 0 Å². The van der Waals surface area contributed by atoms with Gasteiger partial charge in [0.1, 0.15) is 6.17 Å². The Kier molecular flexibility index (Phi) is 8.52. The first-order chi connectivity index (χ1) is 13.7. The minimum absolute atomic E-state index is 0.110. The first kappa shape index (κ1) is 23.2.